The Kier molecular flexibility index (Phi) is 5.69. The minimum absolute atomic E-state index is 0.0525. The molecule has 0 aliphatic rings. The quantitative estimate of drug-likeness (QED) is 0.769. The smallest absolute Gasteiger partial charge is 0.272 e. The molecule has 0 fully saturated rings. The van der Waals surface area contributed by atoms with Crippen LogP contribution in [0, 0.1) is 0 Å². The van der Waals surface area contributed by atoms with Gasteiger partial charge < -0.3 is 9.45 Å². The molecule has 0 radical (unpaired) electrons. The van der Waals surface area contributed by atoms with E-state index < -0.39 is 11.2 Å². The minimum atomic E-state index is -1.25. The Hall–Kier alpha value is -1.00. The number of hydrogen-bond donors (Lipinski definition) is 0. The molecule has 0 saturated heterocycles. The Balaban J connectivity index is 2.80. The first kappa shape index (κ1) is 15.1. The Morgan fingerprint density at radius 1 is 1.44 bits per heavy atom. The van der Waals surface area contributed by atoms with Gasteiger partial charge in [0.1, 0.15) is 0 Å². The van der Waals surface area contributed by atoms with E-state index in [1.54, 1.807) is 14.1 Å². The lowest BCUT2D eigenvalue weighted by molar-refractivity contribution is -0.125. The third-order valence-electron chi connectivity index (χ3n) is 3.06. The molecular weight excluding hydrogens is 246 g/mol. The van der Waals surface area contributed by atoms with Crippen LogP contribution in [0.4, 0.5) is 0 Å². The van der Waals surface area contributed by atoms with Crippen molar-refractivity contribution in [3.05, 3.63) is 29.8 Å². The number of rotatable bonds is 5. The van der Waals surface area contributed by atoms with Crippen LogP contribution >= 0.6 is 0 Å². The van der Waals surface area contributed by atoms with E-state index in [1.807, 2.05) is 24.3 Å². The molecule has 1 aromatic rings. The molecular formula is C14H21NO2S. The van der Waals surface area contributed by atoms with Crippen molar-refractivity contribution in [2.75, 3.05) is 19.8 Å². The Morgan fingerprint density at radius 3 is 2.67 bits per heavy atom. The number of carbonyl (C=O) groups excluding carboxylic acids is 1. The summed E-state index contributed by atoms with van der Waals surface area (Å²) in [5, 5.41) is 0. The standard InChI is InChI=1S/C14H21NO2S/c1-5-11(2)12-7-6-8-13(9-12)18(17)10-14(16)15(3)4/h6-9,11H,5,10H2,1-4H3. The number of amides is 1. The average Bonchev–Trinajstić information content (AvgIpc) is 2.37. The Morgan fingerprint density at radius 2 is 2.11 bits per heavy atom. The molecule has 18 heavy (non-hydrogen) atoms. The summed E-state index contributed by atoms with van der Waals surface area (Å²) in [5.74, 6) is 0.394. The molecule has 0 aliphatic heterocycles. The van der Waals surface area contributed by atoms with Gasteiger partial charge in [0.05, 0.1) is 0 Å². The molecule has 0 heterocycles. The topological polar surface area (TPSA) is 43.4 Å². The summed E-state index contributed by atoms with van der Waals surface area (Å²) in [6.45, 7) is 4.27. The largest absolute Gasteiger partial charge is 0.611 e. The van der Waals surface area contributed by atoms with E-state index in [4.69, 9.17) is 0 Å². The first-order valence-corrected chi connectivity index (χ1v) is 7.46. The predicted molar refractivity (Wildman–Crippen MR) is 75.1 cm³/mol. The van der Waals surface area contributed by atoms with Crippen LogP contribution in [0.25, 0.3) is 0 Å². The number of benzene rings is 1. The second-order valence-electron chi connectivity index (χ2n) is 4.66. The molecule has 1 amide bonds. The van der Waals surface area contributed by atoms with Crippen LogP contribution < -0.4 is 0 Å². The van der Waals surface area contributed by atoms with Gasteiger partial charge in [0.25, 0.3) is 5.91 Å². The first-order valence-electron chi connectivity index (χ1n) is 6.14. The van der Waals surface area contributed by atoms with Crippen molar-refractivity contribution in [1.29, 1.82) is 0 Å². The third-order valence-corrected chi connectivity index (χ3v) is 4.34. The van der Waals surface area contributed by atoms with Gasteiger partial charge in [0, 0.05) is 14.1 Å². The molecule has 2 unspecified atom stereocenters. The van der Waals surface area contributed by atoms with Crippen LogP contribution in [0.2, 0.25) is 0 Å². The van der Waals surface area contributed by atoms with Gasteiger partial charge in [0.15, 0.2) is 10.6 Å². The molecule has 0 N–H and O–H groups in total. The fraction of sp³-hybridized carbons (Fsp3) is 0.500. The summed E-state index contributed by atoms with van der Waals surface area (Å²) in [6, 6.07) is 7.73. The van der Waals surface area contributed by atoms with Gasteiger partial charge >= 0.3 is 0 Å². The van der Waals surface area contributed by atoms with Gasteiger partial charge in [-0.1, -0.05) is 26.0 Å². The lowest BCUT2D eigenvalue weighted by Crippen LogP contribution is -2.29. The number of hydrogen-bond acceptors (Lipinski definition) is 2. The molecule has 0 spiro atoms. The average molecular weight is 267 g/mol. The molecule has 3 nitrogen and oxygen atoms in total. The molecule has 1 rings (SSSR count). The van der Waals surface area contributed by atoms with E-state index in [0.29, 0.717) is 5.92 Å². The second-order valence-corrected chi connectivity index (χ2v) is 6.11. The zero-order valence-corrected chi connectivity index (χ0v) is 12.3. The number of carbonyl (C=O) groups is 1. The summed E-state index contributed by atoms with van der Waals surface area (Å²) >= 11 is -1.25. The van der Waals surface area contributed by atoms with Crippen LogP contribution in [0.3, 0.4) is 0 Å². The van der Waals surface area contributed by atoms with Gasteiger partial charge in [-0.05, 0) is 41.2 Å². The molecule has 0 bridgehead atoms. The van der Waals surface area contributed by atoms with Crippen molar-refractivity contribution in [1.82, 2.24) is 4.90 Å². The molecule has 0 saturated carbocycles. The Labute approximate surface area is 112 Å². The predicted octanol–water partition coefficient (Wildman–Crippen LogP) is 2.40. The van der Waals surface area contributed by atoms with E-state index in [-0.39, 0.29) is 11.7 Å². The van der Waals surface area contributed by atoms with E-state index >= 15 is 0 Å². The maximum atomic E-state index is 12.1. The molecule has 4 heteroatoms. The summed E-state index contributed by atoms with van der Waals surface area (Å²) < 4.78 is 12.1. The fourth-order valence-electron chi connectivity index (χ4n) is 1.52. The molecule has 1 aromatic carbocycles. The third kappa shape index (κ3) is 4.03. The van der Waals surface area contributed by atoms with Crippen molar-refractivity contribution in [3.63, 3.8) is 0 Å². The van der Waals surface area contributed by atoms with Gasteiger partial charge in [-0.2, -0.15) is 0 Å². The maximum absolute atomic E-state index is 12.1. The Bertz CT molecular complexity index is 407. The summed E-state index contributed by atoms with van der Waals surface area (Å²) in [5.41, 5.74) is 1.18. The van der Waals surface area contributed by atoms with Crippen LogP contribution in [-0.2, 0) is 16.0 Å². The van der Waals surface area contributed by atoms with Crippen LogP contribution in [-0.4, -0.2) is 35.2 Å². The van der Waals surface area contributed by atoms with E-state index in [2.05, 4.69) is 13.8 Å². The highest BCUT2D eigenvalue weighted by atomic mass is 32.2. The molecule has 0 aliphatic carbocycles. The monoisotopic (exact) mass is 267 g/mol. The lowest BCUT2D eigenvalue weighted by Gasteiger charge is -2.15. The van der Waals surface area contributed by atoms with Gasteiger partial charge in [0.2, 0.25) is 0 Å². The van der Waals surface area contributed by atoms with Gasteiger partial charge in [-0.3, -0.25) is 4.79 Å². The van der Waals surface area contributed by atoms with E-state index in [0.717, 1.165) is 11.3 Å². The fourth-order valence-corrected chi connectivity index (χ4v) is 2.67. The molecule has 100 valence electrons. The zero-order valence-electron chi connectivity index (χ0n) is 11.5. The highest BCUT2D eigenvalue weighted by Crippen LogP contribution is 2.22. The van der Waals surface area contributed by atoms with Gasteiger partial charge in [-0.15, -0.1) is 0 Å². The summed E-state index contributed by atoms with van der Waals surface area (Å²) in [7, 11) is 3.35. The van der Waals surface area contributed by atoms with Crippen LogP contribution in [0.15, 0.2) is 29.2 Å². The van der Waals surface area contributed by atoms with Crippen molar-refractivity contribution >= 4 is 17.1 Å². The second kappa shape index (κ2) is 6.81. The van der Waals surface area contributed by atoms with Crippen molar-refractivity contribution in [2.45, 2.75) is 31.1 Å². The summed E-state index contributed by atoms with van der Waals surface area (Å²) in [4.78, 5) is 13.7. The van der Waals surface area contributed by atoms with Crippen molar-refractivity contribution < 1.29 is 9.35 Å². The zero-order chi connectivity index (χ0) is 13.7. The SMILES string of the molecule is CCC(C)c1cccc([S+]([O-])CC(=O)N(C)C)c1. The van der Waals surface area contributed by atoms with Crippen LogP contribution in [0.1, 0.15) is 31.7 Å². The van der Waals surface area contributed by atoms with E-state index in [9.17, 15) is 9.35 Å². The highest BCUT2D eigenvalue weighted by Gasteiger charge is 2.18. The summed E-state index contributed by atoms with van der Waals surface area (Å²) in [6.07, 6.45) is 1.05. The van der Waals surface area contributed by atoms with Crippen molar-refractivity contribution in [2.24, 2.45) is 0 Å². The molecule has 0 aromatic heterocycles. The first-order chi connectivity index (χ1) is 8.45. The minimum Gasteiger partial charge on any atom is -0.611 e. The number of nitrogens with zero attached hydrogens (tertiary/aromatic N) is 1. The highest BCUT2D eigenvalue weighted by molar-refractivity contribution is 7.92. The molecule has 2 atom stereocenters. The van der Waals surface area contributed by atoms with Gasteiger partial charge in [-0.25, -0.2) is 0 Å². The van der Waals surface area contributed by atoms with Crippen LogP contribution in [0.5, 0.6) is 0 Å². The maximum Gasteiger partial charge on any atom is 0.272 e. The normalized spacial score (nSPS) is 14.1. The lowest BCUT2D eigenvalue weighted by atomic mass is 9.99. The van der Waals surface area contributed by atoms with E-state index in [1.165, 1.54) is 10.5 Å². The van der Waals surface area contributed by atoms with Crippen molar-refractivity contribution in [3.8, 4) is 0 Å².